The first-order valence-electron chi connectivity index (χ1n) is 4.50. The van der Waals surface area contributed by atoms with Crippen molar-refractivity contribution in [3.8, 4) is 5.75 Å². The van der Waals surface area contributed by atoms with Gasteiger partial charge in [-0.3, -0.25) is 0 Å². The number of rotatable bonds is 4. The molecule has 1 unspecified atom stereocenters. The molecular weight excluding hydrogens is 199 g/mol. The first-order chi connectivity index (χ1) is 6.59. The van der Waals surface area contributed by atoms with Crippen molar-refractivity contribution in [1.29, 1.82) is 0 Å². The van der Waals surface area contributed by atoms with E-state index in [4.69, 9.17) is 9.05 Å². The van der Waals surface area contributed by atoms with Crippen LogP contribution in [0.5, 0.6) is 5.75 Å². The summed E-state index contributed by atoms with van der Waals surface area (Å²) in [5, 5.41) is 0. The first-order valence-corrected chi connectivity index (χ1v) is 6.23. The van der Waals surface area contributed by atoms with Crippen LogP contribution in [0.15, 0.2) is 24.3 Å². The molecule has 0 heterocycles. The minimum absolute atomic E-state index is 0.372. The van der Waals surface area contributed by atoms with Crippen LogP contribution in [0.3, 0.4) is 0 Å². The average molecular weight is 214 g/mol. The molecule has 78 valence electrons. The maximum absolute atomic E-state index is 11.8. The summed E-state index contributed by atoms with van der Waals surface area (Å²) in [5.41, 5.74) is 1.07. The lowest BCUT2D eigenvalue weighted by Gasteiger charge is -2.15. The molecule has 0 amide bonds. The van der Waals surface area contributed by atoms with Gasteiger partial charge >= 0.3 is 7.60 Å². The van der Waals surface area contributed by atoms with E-state index in [9.17, 15) is 4.57 Å². The summed E-state index contributed by atoms with van der Waals surface area (Å²) < 4.78 is 22.0. The zero-order valence-corrected chi connectivity index (χ0v) is 9.58. The fraction of sp³-hybridized carbons (Fsp3) is 0.400. The van der Waals surface area contributed by atoms with Crippen LogP contribution in [0, 0.1) is 6.92 Å². The number of aryl methyl sites for hydroxylation is 1. The van der Waals surface area contributed by atoms with Crippen LogP contribution >= 0.6 is 7.60 Å². The van der Waals surface area contributed by atoms with E-state index in [2.05, 4.69) is 0 Å². The monoisotopic (exact) mass is 214 g/mol. The third-order valence-electron chi connectivity index (χ3n) is 1.90. The zero-order chi connectivity index (χ0) is 10.6. The molecule has 14 heavy (non-hydrogen) atoms. The molecule has 0 fully saturated rings. The summed E-state index contributed by atoms with van der Waals surface area (Å²) in [6.45, 7) is 3.73. The van der Waals surface area contributed by atoms with Crippen molar-refractivity contribution in [2.75, 3.05) is 13.3 Å². The summed E-state index contributed by atoms with van der Waals surface area (Å²) >= 11 is 0. The molecule has 0 N–H and O–H groups in total. The standard InChI is InChI=1S/C10H15O3P/c1-4-14(11,12-3)13-10-7-5-6-9(2)8-10/h5-8H,4H2,1-3H3. The quantitative estimate of drug-likeness (QED) is 0.722. The Morgan fingerprint density at radius 1 is 1.43 bits per heavy atom. The van der Waals surface area contributed by atoms with Gasteiger partial charge in [0.15, 0.2) is 0 Å². The number of hydrogen-bond acceptors (Lipinski definition) is 3. The van der Waals surface area contributed by atoms with Crippen molar-refractivity contribution in [1.82, 2.24) is 0 Å². The van der Waals surface area contributed by atoms with Crippen LogP contribution in [0.25, 0.3) is 0 Å². The van der Waals surface area contributed by atoms with Gasteiger partial charge in [-0.15, -0.1) is 0 Å². The summed E-state index contributed by atoms with van der Waals surface area (Å²) in [6, 6.07) is 7.42. The van der Waals surface area contributed by atoms with Gasteiger partial charge in [0.1, 0.15) is 5.75 Å². The average Bonchev–Trinajstić information content (AvgIpc) is 2.18. The SMILES string of the molecule is CCP(=O)(OC)Oc1cccc(C)c1. The summed E-state index contributed by atoms with van der Waals surface area (Å²) in [6.07, 6.45) is 0.372. The maximum Gasteiger partial charge on any atom is 0.378 e. The fourth-order valence-electron chi connectivity index (χ4n) is 1.06. The highest BCUT2D eigenvalue weighted by molar-refractivity contribution is 7.54. The molecule has 0 aliphatic rings. The lowest BCUT2D eigenvalue weighted by molar-refractivity contribution is 0.323. The van der Waals surface area contributed by atoms with E-state index in [0.29, 0.717) is 11.9 Å². The molecule has 0 aromatic heterocycles. The summed E-state index contributed by atoms with van der Waals surface area (Å²) in [7, 11) is -1.52. The molecule has 4 heteroatoms. The zero-order valence-electron chi connectivity index (χ0n) is 8.69. The molecule has 1 aromatic rings. The molecule has 0 saturated carbocycles. The second-order valence-electron chi connectivity index (χ2n) is 3.02. The van der Waals surface area contributed by atoms with Gasteiger partial charge in [-0.1, -0.05) is 19.1 Å². The van der Waals surface area contributed by atoms with Gasteiger partial charge in [0.05, 0.1) is 6.16 Å². The van der Waals surface area contributed by atoms with Crippen molar-refractivity contribution < 1.29 is 13.6 Å². The molecule has 0 radical (unpaired) electrons. The predicted molar refractivity (Wildman–Crippen MR) is 57.0 cm³/mol. The van der Waals surface area contributed by atoms with Crippen molar-refractivity contribution in [2.24, 2.45) is 0 Å². The van der Waals surface area contributed by atoms with E-state index in [1.54, 1.807) is 13.0 Å². The highest BCUT2D eigenvalue weighted by Crippen LogP contribution is 2.46. The lowest BCUT2D eigenvalue weighted by Crippen LogP contribution is -1.97. The Morgan fingerprint density at radius 2 is 2.14 bits per heavy atom. The van der Waals surface area contributed by atoms with E-state index >= 15 is 0 Å². The van der Waals surface area contributed by atoms with Crippen LogP contribution < -0.4 is 4.52 Å². The second kappa shape index (κ2) is 4.63. The largest absolute Gasteiger partial charge is 0.424 e. The van der Waals surface area contributed by atoms with Gasteiger partial charge in [-0.2, -0.15) is 0 Å². The number of benzene rings is 1. The highest BCUT2D eigenvalue weighted by Gasteiger charge is 2.21. The highest BCUT2D eigenvalue weighted by atomic mass is 31.2. The van der Waals surface area contributed by atoms with E-state index < -0.39 is 7.60 Å². The Hall–Kier alpha value is -0.790. The minimum atomic E-state index is -2.92. The topological polar surface area (TPSA) is 35.5 Å². The van der Waals surface area contributed by atoms with Gasteiger partial charge in [0, 0.05) is 7.11 Å². The molecule has 0 spiro atoms. The van der Waals surface area contributed by atoms with E-state index in [1.807, 2.05) is 25.1 Å². The van der Waals surface area contributed by atoms with Crippen LogP contribution in [-0.4, -0.2) is 13.3 Å². The summed E-state index contributed by atoms with van der Waals surface area (Å²) in [5.74, 6) is 0.594. The van der Waals surface area contributed by atoms with Crippen LogP contribution in [-0.2, 0) is 9.09 Å². The normalized spacial score (nSPS) is 14.8. The van der Waals surface area contributed by atoms with Crippen molar-refractivity contribution >= 4 is 7.60 Å². The van der Waals surface area contributed by atoms with E-state index in [-0.39, 0.29) is 0 Å². The molecule has 3 nitrogen and oxygen atoms in total. The Balaban J connectivity index is 2.83. The molecule has 0 aliphatic heterocycles. The Morgan fingerprint density at radius 3 is 2.64 bits per heavy atom. The smallest absolute Gasteiger partial charge is 0.378 e. The van der Waals surface area contributed by atoms with Gasteiger partial charge in [0.25, 0.3) is 0 Å². The van der Waals surface area contributed by atoms with Gasteiger partial charge in [-0.25, -0.2) is 4.57 Å². The lowest BCUT2D eigenvalue weighted by atomic mass is 10.2. The van der Waals surface area contributed by atoms with Crippen LogP contribution in [0.2, 0.25) is 0 Å². The molecule has 1 rings (SSSR count). The van der Waals surface area contributed by atoms with Crippen LogP contribution in [0.4, 0.5) is 0 Å². The Labute approximate surface area is 84.6 Å². The molecule has 0 bridgehead atoms. The summed E-state index contributed by atoms with van der Waals surface area (Å²) in [4.78, 5) is 0. The minimum Gasteiger partial charge on any atom is -0.424 e. The number of hydrogen-bond donors (Lipinski definition) is 0. The molecule has 0 aliphatic carbocycles. The Kier molecular flexibility index (Phi) is 3.73. The van der Waals surface area contributed by atoms with Gasteiger partial charge in [-0.05, 0) is 24.6 Å². The van der Waals surface area contributed by atoms with Crippen molar-refractivity contribution in [3.63, 3.8) is 0 Å². The van der Waals surface area contributed by atoms with Gasteiger partial charge in [0.2, 0.25) is 0 Å². The molecule has 1 atom stereocenters. The molecular formula is C10H15O3P. The van der Waals surface area contributed by atoms with E-state index in [1.165, 1.54) is 7.11 Å². The third-order valence-corrected chi connectivity index (χ3v) is 3.72. The molecule has 0 saturated heterocycles. The second-order valence-corrected chi connectivity index (χ2v) is 5.42. The van der Waals surface area contributed by atoms with E-state index in [0.717, 1.165) is 5.56 Å². The van der Waals surface area contributed by atoms with Gasteiger partial charge < -0.3 is 9.05 Å². The predicted octanol–water partition coefficient (Wildman–Crippen LogP) is 3.23. The fourth-order valence-corrected chi connectivity index (χ4v) is 1.96. The Bertz CT molecular complexity index is 341. The third kappa shape index (κ3) is 2.86. The van der Waals surface area contributed by atoms with Crippen LogP contribution in [0.1, 0.15) is 12.5 Å². The first kappa shape index (κ1) is 11.3. The van der Waals surface area contributed by atoms with Crippen molar-refractivity contribution in [3.05, 3.63) is 29.8 Å². The maximum atomic E-state index is 11.8. The molecule has 1 aromatic carbocycles. The van der Waals surface area contributed by atoms with Crippen molar-refractivity contribution in [2.45, 2.75) is 13.8 Å².